The Morgan fingerprint density at radius 2 is 2.60 bits per heavy atom. The number of nitrogens with one attached hydrogen (secondary N) is 1. The van der Waals surface area contributed by atoms with Crippen molar-refractivity contribution >= 4 is 0 Å². The zero-order valence-corrected chi connectivity index (χ0v) is 8.76. The molecule has 1 saturated heterocycles. The van der Waals surface area contributed by atoms with E-state index in [1.165, 1.54) is 0 Å². The Balaban J connectivity index is 2.04. The maximum Gasteiger partial charge on any atom is 0.150 e. The number of nitrogens with zero attached hydrogens (tertiary/aromatic N) is 3. The van der Waals surface area contributed by atoms with Crippen molar-refractivity contribution in [3.63, 3.8) is 0 Å². The lowest BCUT2D eigenvalue weighted by Crippen LogP contribution is -2.19. The second-order valence-electron chi connectivity index (χ2n) is 3.73. The Kier molecular flexibility index (Phi) is 3.30. The van der Waals surface area contributed by atoms with Gasteiger partial charge in [0.15, 0.2) is 0 Å². The molecule has 84 valence electrons. The summed E-state index contributed by atoms with van der Waals surface area (Å²) in [5.41, 5.74) is 0. The van der Waals surface area contributed by atoms with Crippen molar-refractivity contribution < 1.29 is 9.84 Å². The van der Waals surface area contributed by atoms with E-state index < -0.39 is 0 Å². The van der Waals surface area contributed by atoms with Crippen LogP contribution in [0, 0.1) is 0 Å². The van der Waals surface area contributed by atoms with Crippen molar-refractivity contribution in [2.45, 2.75) is 25.1 Å². The molecule has 6 heteroatoms. The highest BCUT2D eigenvalue weighted by molar-refractivity contribution is 4.99. The molecule has 6 nitrogen and oxygen atoms in total. The minimum Gasteiger partial charge on any atom is -0.392 e. The van der Waals surface area contributed by atoms with Crippen LogP contribution in [0.5, 0.6) is 0 Å². The van der Waals surface area contributed by atoms with Crippen LogP contribution in [0.3, 0.4) is 0 Å². The number of rotatable bonds is 4. The standard InChI is InChI=1S/C9H16N4O2/c1-15-3-2-13-6-11-12-9(13)8-4-7(14)5-10-8/h6-8,10,14H,2-5H2,1H3/t7?,8-/m0/s1. The van der Waals surface area contributed by atoms with Crippen molar-refractivity contribution in [3.05, 3.63) is 12.2 Å². The van der Waals surface area contributed by atoms with E-state index in [4.69, 9.17) is 4.74 Å². The van der Waals surface area contributed by atoms with E-state index in [-0.39, 0.29) is 12.1 Å². The van der Waals surface area contributed by atoms with Crippen LogP contribution in [0.25, 0.3) is 0 Å². The molecule has 0 aromatic carbocycles. The summed E-state index contributed by atoms with van der Waals surface area (Å²) in [7, 11) is 1.67. The van der Waals surface area contributed by atoms with Gasteiger partial charge in [0.1, 0.15) is 12.2 Å². The molecule has 0 amide bonds. The molecule has 0 bridgehead atoms. The van der Waals surface area contributed by atoms with Crippen molar-refractivity contribution in [2.24, 2.45) is 0 Å². The fraction of sp³-hybridized carbons (Fsp3) is 0.778. The normalized spacial score (nSPS) is 26.0. The largest absolute Gasteiger partial charge is 0.392 e. The first-order chi connectivity index (χ1) is 7.31. The van der Waals surface area contributed by atoms with Crippen LogP contribution in [0.2, 0.25) is 0 Å². The van der Waals surface area contributed by atoms with Gasteiger partial charge < -0.3 is 19.7 Å². The van der Waals surface area contributed by atoms with Gasteiger partial charge in [-0.25, -0.2) is 0 Å². The first kappa shape index (κ1) is 10.5. The highest BCUT2D eigenvalue weighted by Crippen LogP contribution is 2.21. The molecule has 1 aromatic heterocycles. The van der Waals surface area contributed by atoms with Crippen LogP contribution in [0.4, 0.5) is 0 Å². The van der Waals surface area contributed by atoms with Crippen LogP contribution in [-0.4, -0.2) is 46.2 Å². The molecule has 1 unspecified atom stereocenters. The third-order valence-corrected chi connectivity index (χ3v) is 2.60. The van der Waals surface area contributed by atoms with Crippen molar-refractivity contribution in [1.82, 2.24) is 20.1 Å². The van der Waals surface area contributed by atoms with E-state index >= 15 is 0 Å². The van der Waals surface area contributed by atoms with Crippen LogP contribution >= 0.6 is 0 Å². The summed E-state index contributed by atoms with van der Waals surface area (Å²) in [6.07, 6.45) is 2.12. The molecule has 2 heterocycles. The maximum atomic E-state index is 9.42. The first-order valence-electron chi connectivity index (χ1n) is 5.09. The summed E-state index contributed by atoms with van der Waals surface area (Å²) in [6.45, 7) is 2.01. The zero-order valence-electron chi connectivity index (χ0n) is 8.76. The number of methoxy groups -OCH3 is 1. The third kappa shape index (κ3) is 2.34. The molecule has 15 heavy (non-hydrogen) atoms. The van der Waals surface area contributed by atoms with Gasteiger partial charge in [0, 0.05) is 20.2 Å². The Morgan fingerprint density at radius 1 is 1.73 bits per heavy atom. The topological polar surface area (TPSA) is 72.2 Å². The van der Waals surface area contributed by atoms with Gasteiger partial charge in [-0.05, 0) is 6.42 Å². The van der Waals surface area contributed by atoms with Crippen molar-refractivity contribution in [1.29, 1.82) is 0 Å². The van der Waals surface area contributed by atoms with Crippen LogP contribution in [-0.2, 0) is 11.3 Å². The lowest BCUT2D eigenvalue weighted by molar-refractivity contribution is 0.184. The number of aliphatic hydroxyl groups excluding tert-OH is 1. The number of hydrogen-bond donors (Lipinski definition) is 2. The number of ether oxygens (including phenoxy) is 1. The molecule has 1 aliphatic heterocycles. The maximum absolute atomic E-state index is 9.42. The number of hydrogen-bond acceptors (Lipinski definition) is 5. The summed E-state index contributed by atoms with van der Waals surface area (Å²) >= 11 is 0. The van der Waals surface area contributed by atoms with E-state index in [1.54, 1.807) is 13.4 Å². The Bertz CT molecular complexity index is 315. The lowest BCUT2D eigenvalue weighted by Gasteiger charge is -2.11. The molecule has 1 aliphatic rings. The molecular weight excluding hydrogens is 196 g/mol. The molecule has 2 rings (SSSR count). The van der Waals surface area contributed by atoms with Gasteiger partial charge in [-0.2, -0.15) is 0 Å². The number of β-amino-alcohol motifs (C(OH)–C–C–N with tert-alkyl or cyclic N) is 1. The monoisotopic (exact) mass is 212 g/mol. The van der Waals surface area contributed by atoms with Crippen LogP contribution in [0.1, 0.15) is 18.3 Å². The SMILES string of the molecule is COCCn1cnnc1[C@@H]1CC(O)CN1. The van der Waals surface area contributed by atoms with Gasteiger partial charge in [-0.1, -0.05) is 0 Å². The van der Waals surface area contributed by atoms with Gasteiger partial charge in [-0.3, -0.25) is 0 Å². The molecule has 0 aliphatic carbocycles. The minimum absolute atomic E-state index is 0.111. The summed E-state index contributed by atoms with van der Waals surface area (Å²) < 4.78 is 6.97. The van der Waals surface area contributed by atoms with Gasteiger partial charge >= 0.3 is 0 Å². The number of aromatic nitrogens is 3. The Hall–Kier alpha value is -0.980. The molecule has 2 atom stereocenters. The third-order valence-electron chi connectivity index (χ3n) is 2.60. The van der Waals surface area contributed by atoms with Gasteiger partial charge in [0.2, 0.25) is 0 Å². The summed E-state index contributed by atoms with van der Waals surface area (Å²) in [6, 6.07) is 0.111. The fourth-order valence-electron chi connectivity index (χ4n) is 1.81. The molecule has 1 fully saturated rings. The van der Waals surface area contributed by atoms with Crippen LogP contribution in [0.15, 0.2) is 6.33 Å². The van der Waals surface area contributed by atoms with Crippen molar-refractivity contribution in [2.75, 3.05) is 20.3 Å². The van der Waals surface area contributed by atoms with Gasteiger partial charge in [0.05, 0.1) is 18.8 Å². The van der Waals surface area contributed by atoms with Gasteiger partial charge in [-0.15, -0.1) is 10.2 Å². The summed E-state index contributed by atoms with van der Waals surface area (Å²) in [4.78, 5) is 0. The van der Waals surface area contributed by atoms with E-state index in [0.29, 0.717) is 19.6 Å². The van der Waals surface area contributed by atoms with E-state index in [2.05, 4.69) is 15.5 Å². The van der Waals surface area contributed by atoms with Crippen molar-refractivity contribution in [3.8, 4) is 0 Å². The fourth-order valence-corrected chi connectivity index (χ4v) is 1.81. The Morgan fingerprint density at radius 3 is 3.27 bits per heavy atom. The minimum atomic E-state index is -0.275. The van der Waals surface area contributed by atoms with Gasteiger partial charge in [0.25, 0.3) is 0 Å². The van der Waals surface area contributed by atoms with E-state index in [1.807, 2.05) is 4.57 Å². The smallest absolute Gasteiger partial charge is 0.150 e. The second-order valence-corrected chi connectivity index (χ2v) is 3.73. The zero-order chi connectivity index (χ0) is 10.7. The average Bonchev–Trinajstić information content (AvgIpc) is 2.82. The quantitative estimate of drug-likeness (QED) is 0.692. The molecule has 1 aromatic rings. The molecule has 0 radical (unpaired) electrons. The van der Waals surface area contributed by atoms with Crippen LogP contribution < -0.4 is 5.32 Å². The lowest BCUT2D eigenvalue weighted by atomic mass is 10.2. The Labute approximate surface area is 88.3 Å². The molecular formula is C9H16N4O2. The molecule has 0 spiro atoms. The molecule has 2 N–H and O–H groups in total. The predicted molar refractivity (Wildman–Crippen MR) is 53.3 cm³/mol. The summed E-state index contributed by atoms with van der Waals surface area (Å²) in [5.74, 6) is 0.878. The number of aliphatic hydroxyl groups is 1. The van der Waals surface area contributed by atoms with E-state index in [9.17, 15) is 5.11 Å². The molecule has 0 saturated carbocycles. The van der Waals surface area contributed by atoms with E-state index in [0.717, 1.165) is 12.4 Å². The average molecular weight is 212 g/mol. The predicted octanol–water partition coefficient (Wildman–Crippen LogP) is -0.680. The highest BCUT2D eigenvalue weighted by atomic mass is 16.5. The first-order valence-corrected chi connectivity index (χ1v) is 5.09. The summed E-state index contributed by atoms with van der Waals surface area (Å²) in [5, 5.41) is 20.6. The second kappa shape index (κ2) is 4.69. The highest BCUT2D eigenvalue weighted by Gasteiger charge is 2.27.